The number of hydrogen-bond acceptors (Lipinski definition) is 4. The molecule has 0 atom stereocenters. The third kappa shape index (κ3) is 3.69. The number of anilines is 1. The summed E-state index contributed by atoms with van der Waals surface area (Å²) < 4.78 is 46.3. The monoisotopic (exact) mass is 412 g/mol. The second-order valence-corrected chi connectivity index (χ2v) is 6.42. The van der Waals surface area contributed by atoms with Gasteiger partial charge in [0, 0.05) is 0 Å². The Morgan fingerprint density at radius 1 is 1.07 bits per heavy atom. The molecule has 152 valence electrons. The largest absolute Gasteiger partial charge is 0.496 e. The number of aromatic nitrogens is 3. The summed E-state index contributed by atoms with van der Waals surface area (Å²) in [6.45, 7) is 0. The third-order valence-electron chi connectivity index (χ3n) is 4.55. The summed E-state index contributed by atoms with van der Waals surface area (Å²) in [6, 6.07) is 13.7. The molecule has 30 heavy (non-hydrogen) atoms. The van der Waals surface area contributed by atoms with Crippen LogP contribution in [0.5, 0.6) is 5.75 Å². The van der Waals surface area contributed by atoms with Crippen LogP contribution in [0.1, 0.15) is 15.9 Å². The highest BCUT2D eigenvalue weighted by atomic mass is 19.4. The number of nitrogens with zero attached hydrogens (tertiary/aromatic N) is 3. The summed E-state index contributed by atoms with van der Waals surface area (Å²) in [5.74, 6) is -0.307. The topological polar surface area (TPSA) is 69.0 Å². The van der Waals surface area contributed by atoms with Crippen molar-refractivity contribution >= 4 is 22.4 Å². The maximum Gasteiger partial charge on any atom is 0.416 e. The molecule has 0 fully saturated rings. The van der Waals surface area contributed by atoms with Crippen LogP contribution >= 0.6 is 0 Å². The van der Waals surface area contributed by atoms with Gasteiger partial charge >= 0.3 is 6.18 Å². The van der Waals surface area contributed by atoms with E-state index in [1.165, 1.54) is 30.5 Å². The van der Waals surface area contributed by atoms with E-state index < -0.39 is 17.6 Å². The van der Waals surface area contributed by atoms with Gasteiger partial charge in [0.2, 0.25) is 0 Å². The van der Waals surface area contributed by atoms with Crippen molar-refractivity contribution in [1.29, 1.82) is 0 Å². The van der Waals surface area contributed by atoms with Crippen molar-refractivity contribution in [2.45, 2.75) is 6.18 Å². The van der Waals surface area contributed by atoms with E-state index in [0.717, 1.165) is 22.9 Å². The quantitative estimate of drug-likeness (QED) is 0.528. The Morgan fingerprint density at radius 3 is 2.43 bits per heavy atom. The van der Waals surface area contributed by atoms with Gasteiger partial charge in [0.15, 0.2) is 0 Å². The molecule has 4 aromatic rings. The number of fused-ring (bicyclic) bond motifs is 1. The second-order valence-electron chi connectivity index (χ2n) is 6.42. The molecule has 9 heteroatoms. The van der Waals surface area contributed by atoms with Gasteiger partial charge in [-0.05, 0) is 41.1 Å². The molecule has 0 aliphatic heterocycles. The van der Waals surface area contributed by atoms with Gasteiger partial charge in [-0.2, -0.15) is 18.3 Å². The van der Waals surface area contributed by atoms with Crippen molar-refractivity contribution in [1.82, 2.24) is 14.8 Å². The Hall–Kier alpha value is -3.88. The lowest BCUT2D eigenvalue weighted by molar-refractivity contribution is -0.137. The Bertz CT molecular complexity index is 1220. The zero-order valence-corrected chi connectivity index (χ0v) is 15.6. The number of alkyl halides is 3. The molecule has 3 aromatic carbocycles. The van der Waals surface area contributed by atoms with Crippen LogP contribution in [0.4, 0.5) is 18.9 Å². The highest BCUT2D eigenvalue weighted by Crippen LogP contribution is 2.34. The summed E-state index contributed by atoms with van der Waals surface area (Å²) in [4.78, 5) is 16.8. The van der Waals surface area contributed by atoms with Crippen LogP contribution in [0, 0.1) is 0 Å². The molecule has 1 amide bonds. The van der Waals surface area contributed by atoms with Gasteiger partial charge in [-0.15, -0.1) is 0 Å². The van der Waals surface area contributed by atoms with Crippen molar-refractivity contribution < 1.29 is 22.7 Å². The van der Waals surface area contributed by atoms with Crippen molar-refractivity contribution in [3.8, 4) is 11.4 Å². The first kappa shape index (κ1) is 19.4. The van der Waals surface area contributed by atoms with Crippen molar-refractivity contribution in [3.05, 3.63) is 78.4 Å². The van der Waals surface area contributed by atoms with Crippen LogP contribution < -0.4 is 10.1 Å². The Kier molecular flexibility index (Phi) is 4.86. The van der Waals surface area contributed by atoms with Crippen LogP contribution in [0.2, 0.25) is 0 Å². The molecular weight excluding hydrogens is 397 g/mol. The molecule has 0 radical (unpaired) electrons. The van der Waals surface area contributed by atoms with E-state index in [1.807, 2.05) is 24.3 Å². The van der Waals surface area contributed by atoms with E-state index in [4.69, 9.17) is 4.74 Å². The third-order valence-corrected chi connectivity index (χ3v) is 4.55. The van der Waals surface area contributed by atoms with Crippen molar-refractivity contribution in [3.63, 3.8) is 0 Å². The lowest BCUT2D eigenvalue weighted by Gasteiger charge is -2.16. The number of hydrogen-bond donors (Lipinski definition) is 1. The van der Waals surface area contributed by atoms with E-state index in [2.05, 4.69) is 15.4 Å². The number of benzene rings is 3. The summed E-state index contributed by atoms with van der Waals surface area (Å²) in [5, 5.41) is 8.17. The first-order valence-corrected chi connectivity index (χ1v) is 8.81. The number of ether oxygens (including phenoxy) is 1. The van der Waals surface area contributed by atoms with E-state index in [0.29, 0.717) is 5.75 Å². The highest BCUT2D eigenvalue weighted by molar-refractivity contribution is 6.09. The summed E-state index contributed by atoms with van der Waals surface area (Å²) in [6.07, 6.45) is -1.99. The molecule has 1 N–H and O–H groups in total. The van der Waals surface area contributed by atoms with Crippen LogP contribution in [0.15, 0.2) is 67.3 Å². The van der Waals surface area contributed by atoms with Crippen molar-refractivity contribution in [2.75, 3.05) is 12.4 Å². The summed E-state index contributed by atoms with van der Waals surface area (Å²) >= 11 is 0. The average Bonchev–Trinajstić information content (AvgIpc) is 3.26. The molecule has 0 aliphatic carbocycles. The van der Waals surface area contributed by atoms with Gasteiger partial charge in [-0.1, -0.05) is 24.3 Å². The molecule has 6 nitrogen and oxygen atoms in total. The van der Waals surface area contributed by atoms with E-state index in [1.54, 1.807) is 12.1 Å². The minimum absolute atomic E-state index is 0.0597. The lowest BCUT2D eigenvalue weighted by atomic mass is 10.0. The number of amides is 1. The number of carbonyl (C=O) groups is 1. The molecule has 0 unspecified atom stereocenters. The van der Waals surface area contributed by atoms with Crippen LogP contribution in [-0.4, -0.2) is 27.8 Å². The fourth-order valence-electron chi connectivity index (χ4n) is 3.10. The standard InChI is InChI=1S/C21H15F3N4O2/c1-30-19-9-14-5-3-2-4-13(14)8-16(19)20(29)27-17-10-15(21(22,23)24)6-7-18(17)28-12-25-11-26-28/h2-12H,1H3,(H,27,29). The maximum absolute atomic E-state index is 13.2. The predicted molar refractivity (Wildman–Crippen MR) is 105 cm³/mol. The molecule has 0 spiro atoms. The number of nitrogens with one attached hydrogen (secondary N) is 1. The molecule has 0 aliphatic rings. The van der Waals surface area contributed by atoms with Gasteiger partial charge in [0.25, 0.3) is 5.91 Å². The van der Waals surface area contributed by atoms with Gasteiger partial charge < -0.3 is 10.1 Å². The zero-order chi connectivity index (χ0) is 21.3. The SMILES string of the molecule is COc1cc2ccccc2cc1C(=O)Nc1cc(C(F)(F)F)ccc1-n1cncn1. The maximum atomic E-state index is 13.2. The predicted octanol–water partition coefficient (Wildman–Crippen LogP) is 4.70. The molecule has 0 saturated carbocycles. The Balaban J connectivity index is 1.78. The minimum Gasteiger partial charge on any atom is -0.496 e. The van der Waals surface area contributed by atoms with Crippen LogP contribution in [-0.2, 0) is 6.18 Å². The number of rotatable bonds is 4. The molecular formula is C21H15F3N4O2. The van der Waals surface area contributed by atoms with E-state index in [-0.39, 0.29) is 16.9 Å². The summed E-state index contributed by atoms with van der Waals surface area (Å²) in [7, 11) is 1.42. The Morgan fingerprint density at radius 2 is 1.80 bits per heavy atom. The van der Waals surface area contributed by atoms with Gasteiger partial charge in [0.1, 0.15) is 18.4 Å². The number of carbonyl (C=O) groups excluding carboxylic acids is 1. The van der Waals surface area contributed by atoms with Crippen LogP contribution in [0.25, 0.3) is 16.5 Å². The van der Waals surface area contributed by atoms with E-state index >= 15 is 0 Å². The zero-order valence-electron chi connectivity index (χ0n) is 15.6. The first-order chi connectivity index (χ1) is 14.4. The van der Waals surface area contributed by atoms with Gasteiger partial charge in [-0.3, -0.25) is 4.79 Å². The molecule has 0 saturated heterocycles. The smallest absolute Gasteiger partial charge is 0.416 e. The molecule has 4 rings (SSSR count). The second kappa shape index (κ2) is 7.51. The number of methoxy groups -OCH3 is 1. The normalized spacial score (nSPS) is 11.5. The average molecular weight is 412 g/mol. The molecule has 1 heterocycles. The van der Waals surface area contributed by atoms with E-state index in [9.17, 15) is 18.0 Å². The van der Waals surface area contributed by atoms with Crippen LogP contribution in [0.3, 0.4) is 0 Å². The fraction of sp³-hybridized carbons (Fsp3) is 0.0952. The summed E-state index contributed by atoms with van der Waals surface area (Å²) in [5.41, 5.74) is -0.519. The van der Waals surface area contributed by atoms with Gasteiger partial charge in [0.05, 0.1) is 29.6 Å². The number of halogens is 3. The lowest BCUT2D eigenvalue weighted by Crippen LogP contribution is -2.16. The first-order valence-electron chi connectivity index (χ1n) is 8.81. The Labute approximate surface area is 168 Å². The van der Waals surface area contributed by atoms with Gasteiger partial charge in [-0.25, -0.2) is 9.67 Å². The molecule has 1 aromatic heterocycles. The highest BCUT2D eigenvalue weighted by Gasteiger charge is 2.31. The minimum atomic E-state index is -4.57. The fourth-order valence-corrected chi connectivity index (χ4v) is 3.10. The molecule has 0 bridgehead atoms. The van der Waals surface area contributed by atoms with Crippen molar-refractivity contribution in [2.24, 2.45) is 0 Å².